The maximum Gasteiger partial charge on any atom is 0.324 e. The first-order chi connectivity index (χ1) is 16.3. The first kappa shape index (κ1) is 20.3. The number of carbonyl (C=O) groups is 1. The number of hydrogen-bond acceptors (Lipinski definition) is 4. The molecule has 0 saturated carbocycles. The lowest BCUT2D eigenvalue weighted by Crippen LogP contribution is -2.21. The van der Waals surface area contributed by atoms with Crippen LogP contribution in [0.4, 0.5) is 16.3 Å². The van der Waals surface area contributed by atoms with E-state index in [-0.39, 0.29) is 6.03 Å². The van der Waals surface area contributed by atoms with E-state index in [9.17, 15) is 4.79 Å². The van der Waals surface area contributed by atoms with Crippen LogP contribution in [0, 0.1) is 0 Å². The molecule has 0 aliphatic carbocycles. The molecule has 0 fully saturated rings. The molecule has 3 aromatic heterocycles. The van der Waals surface area contributed by atoms with E-state index in [0.29, 0.717) is 24.0 Å². The second kappa shape index (κ2) is 9.23. The Morgan fingerprint density at radius 3 is 2.39 bits per heavy atom. The van der Waals surface area contributed by atoms with E-state index in [1.807, 2.05) is 77.2 Å². The molecule has 0 aliphatic heterocycles. The van der Waals surface area contributed by atoms with Crippen LogP contribution in [0.5, 0.6) is 5.88 Å². The largest absolute Gasteiger partial charge is 0.473 e. The molecule has 7 nitrogen and oxygen atoms in total. The molecule has 2 amide bonds. The highest BCUT2D eigenvalue weighted by Crippen LogP contribution is 2.29. The number of rotatable bonds is 6. The lowest BCUT2D eigenvalue weighted by molar-refractivity contribution is 0.262. The number of urea groups is 1. The fourth-order valence-corrected chi connectivity index (χ4v) is 3.51. The van der Waals surface area contributed by atoms with Crippen molar-refractivity contribution in [2.24, 2.45) is 0 Å². The number of hydrogen-bond donors (Lipinski definition) is 2. The van der Waals surface area contributed by atoms with Crippen molar-refractivity contribution < 1.29 is 9.53 Å². The Labute approximate surface area is 190 Å². The summed E-state index contributed by atoms with van der Waals surface area (Å²) in [5, 5.41) is 5.79. The van der Waals surface area contributed by atoms with Crippen molar-refractivity contribution in [1.29, 1.82) is 0 Å². The van der Waals surface area contributed by atoms with Gasteiger partial charge in [0.15, 0.2) is 0 Å². The normalized spacial score (nSPS) is 10.7. The van der Waals surface area contributed by atoms with Crippen molar-refractivity contribution in [2.75, 3.05) is 10.6 Å². The highest BCUT2D eigenvalue weighted by molar-refractivity contribution is 6.01. The number of carbonyl (C=O) groups excluding carboxylic acids is 1. The van der Waals surface area contributed by atoms with Gasteiger partial charge in [-0.15, -0.1) is 0 Å². The molecule has 0 radical (unpaired) electrons. The van der Waals surface area contributed by atoms with Gasteiger partial charge in [-0.25, -0.2) is 14.8 Å². The van der Waals surface area contributed by atoms with E-state index in [1.54, 1.807) is 30.9 Å². The predicted octanol–water partition coefficient (Wildman–Crippen LogP) is 5.62. The van der Waals surface area contributed by atoms with Gasteiger partial charge >= 0.3 is 6.03 Å². The maximum absolute atomic E-state index is 12.8. The van der Waals surface area contributed by atoms with Gasteiger partial charge in [-0.1, -0.05) is 60.7 Å². The maximum atomic E-state index is 12.8. The quantitative estimate of drug-likeness (QED) is 0.363. The number of benzene rings is 2. The molecule has 0 spiro atoms. The molecule has 33 heavy (non-hydrogen) atoms. The zero-order chi connectivity index (χ0) is 22.5. The number of anilines is 2. The average molecular weight is 435 g/mol. The molecule has 162 valence electrons. The second-order valence-electron chi connectivity index (χ2n) is 7.39. The fourth-order valence-electron chi connectivity index (χ4n) is 3.51. The Morgan fingerprint density at radius 2 is 1.64 bits per heavy atom. The zero-order valence-corrected chi connectivity index (χ0v) is 17.7. The molecule has 0 atom stereocenters. The highest BCUT2D eigenvalue weighted by Gasteiger charge is 2.13. The van der Waals surface area contributed by atoms with Gasteiger partial charge in [0.1, 0.15) is 18.8 Å². The van der Waals surface area contributed by atoms with Crippen LogP contribution in [0.2, 0.25) is 0 Å². The first-order valence-corrected chi connectivity index (χ1v) is 10.5. The Kier molecular flexibility index (Phi) is 5.67. The Hall–Kier alpha value is -4.65. The lowest BCUT2D eigenvalue weighted by atomic mass is 10.1. The van der Waals surface area contributed by atoms with Crippen molar-refractivity contribution >= 4 is 23.1 Å². The van der Waals surface area contributed by atoms with Gasteiger partial charge in [-0.05, 0) is 29.3 Å². The number of nitrogens with one attached hydrogen (secondary N) is 2. The van der Waals surface area contributed by atoms with E-state index in [0.717, 1.165) is 22.2 Å². The smallest absolute Gasteiger partial charge is 0.324 e. The minimum atomic E-state index is -0.381. The van der Waals surface area contributed by atoms with Gasteiger partial charge in [-0.3, -0.25) is 9.72 Å². The molecule has 0 saturated heterocycles. The van der Waals surface area contributed by atoms with Crippen LogP contribution in [-0.4, -0.2) is 20.4 Å². The molecular weight excluding hydrogens is 414 g/mol. The fraction of sp³-hybridized carbons (Fsp3) is 0.0385. The average Bonchev–Trinajstić information content (AvgIpc) is 3.34. The minimum absolute atomic E-state index is 0.381. The number of nitrogens with zero attached hydrogens (tertiary/aromatic N) is 3. The van der Waals surface area contributed by atoms with Gasteiger partial charge in [-0.2, -0.15) is 0 Å². The molecule has 0 bridgehead atoms. The van der Waals surface area contributed by atoms with Gasteiger partial charge in [0.2, 0.25) is 5.88 Å². The standard InChI is InChI=1S/C26H21N5O2/c32-26(29-21-11-14-24(28-15-21)33-17-19-7-3-1-4-8-19)30-25-23(20-9-5-2-6-10-20)13-12-22-16-27-18-31(22)25/h1-16,18H,17H2,(H2,29,30,32). The predicted molar refractivity (Wildman–Crippen MR) is 128 cm³/mol. The number of amides is 2. The Balaban J connectivity index is 1.30. The molecule has 0 unspecified atom stereocenters. The summed E-state index contributed by atoms with van der Waals surface area (Å²) in [6, 6.07) is 26.8. The number of fused-ring (bicyclic) bond motifs is 1. The third-order valence-electron chi connectivity index (χ3n) is 5.12. The van der Waals surface area contributed by atoms with Crippen LogP contribution in [-0.2, 0) is 6.61 Å². The van der Waals surface area contributed by atoms with Gasteiger partial charge < -0.3 is 10.1 Å². The number of imidazole rings is 1. The SMILES string of the molecule is O=C(Nc1ccc(OCc2ccccc2)nc1)Nc1c(-c2ccccc2)ccc2cncn12. The van der Waals surface area contributed by atoms with Gasteiger partial charge in [0.25, 0.3) is 0 Å². The molecule has 5 aromatic rings. The van der Waals surface area contributed by atoms with E-state index >= 15 is 0 Å². The number of aromatic nitrogens is 3. The van der Waals surface area contributed by atoms with Crippen molar-refractivity contribution in [2.45, 2.75) is 6.61 Å². The van der Waals surface area contributed by atoms with Crippen molar-refractivity contribution in [3.05, 3.63) is 109 Å². The zero-order valence-electron chi connectivity index (χ0n) is 17.7. The lowest BCUT2D eigenvalue weighted by Gasteiger charge is -2.14. The van der Waals surface area contributed by atoms with E-state index < -0.39 is 0 Å². The van der Waals surface area contributed by atoms with Crippen LogP contribution < -0.4 is 15.4 Å². The molecule has 2 N–H and O–H groups in total. The summed E-state index contributed by atoms with van der Waals surface area (Å²) in [5.74, 6) is 1.11. The molecule has 3 heterocycles. The van der Waals surface area contributed by atoms with Crippen molar-refractivity contribution in [1.82, 2.24) is 14.4 Å². The number of pyridine rings is 2. The topological polar surface area (TPSA) is 80.5 Å². The summed E-state index contributed by atoms with van der Waals surface area (Å²) in [6.07, 6.45) is 4.99. The number of ether oxygens (including phenoxy) is 1. The van der Waals surface area contributed by atoms with Crippen molar-refractivity contribution in [3.8, 4) is 17.0 Å². The Morgan fingerprint density at radius 1 is 0.848 bits per heavy atom. The summed E-state index contributed by atoms with van der Waals surface area (Å²) in [7, 11) is 0. The first-order valence-electron chi connectivity index (χ1n) is 10.5. The monoisotopic (exact) mass is 435 g/mol. The van der Waals surface area contributed by atoms with Crippen LogP contribution in [0.3, 0.4) is 0 Å². The van der Waals surface area contributed by atoms with Gasteiger partial charge in [0.05, 0.1) is 23.6 Å². The summed E-state index contributed by atoms with van der Waals surface area (Å²) in [5.41, 5.74) is 4.37. The Bertz CT molecular complexity index is 1370. The third kappa shape index (κ3) is 4.67. The summed E-state index contributed by atoms with van der Waals surface area (Å²) in [4.78, 5) is 21.3. The van der Waals surface area contributed by atoms with E-state index in [4.69, 9.17) is 4.74 Å². The van der Waals surface area contributed by atoms with Crippen LogP contribution in [0.15, 0.2) is 104 Å². The minimum Gasteiger partial charge on any atom is -0.473 e. The summed E-state index contributed by atoms with van der Waals surface area (Å²) >= 11 is 0. The molecule has 0 aliphatic rings. The van der Waals surface area contributed by atoms with Crippen LogP contribution >= 0.6 is 0 Å². The van der Waals surface area contributed by atoms with Crippen LogP contribution in [0.1, 0.15) is 5.56 Å². The molecule has 5 rings (SSSR count). The summed E-state index contributed by atoms with van der Waals surface area (Å²) < 4.78 is 7.55. The highest BCUT2D eigenvalue weighted by atomic mass is 16.5. The third-order valence-corrected chi connectivity index (χ3v) is 5.12. The van der Waals surface area contributed by atoms with Crippen LogP contribution in [0.25, 0.3) is 16.6 Å². The summed E-state index contributed by atoms with van der Waals surface area (Å²) in [6.45, 7) is 0.429. The molecular formula is C26H21N5O2. The van der Waals surface area contributed by atoms with E-state index in [1.165, 1.54) is 0 Å². The second-order valence-corrected chi connectivity index (χ2v) is 7.39. The van der Waals surface area contributed by atoms with Crippen molar-refractivity contribution in [3.63, 3.8) is 0 Å². The molecule has 7 heteroatoms. The van der Waals surface area contributed by atoms with E-state index in [2.05, 4.69) is 20.6 Å². The molecule has 2 aromatic carbocycles. The van der Waals surface area contributed by atoms with Gasteiger partial charge in [0, 0.05) is 11.6 Å².